The molecule has 0 bridgehead atoms. The molecule has 1 saturated carbocycles. The molecular formula is C22H15F3N6O. The number of hydrogen-bond donors (Lipinski definition) is 0. The molecule has 1 aliphatic carbocycles. The molecule has 6 rings (SSSR count). The molecule has 1 aromatic carbocycles. The highest BCUT2D eigenvalue weighted by molar-refractivity contribution is 5.81. The van der Waals surface area contributed by atoms with Crippen molar-refractivity contribution in [3.8, 4) is 23.2 Å². The van der Waals surface area contributed by atoms with Gasteiger partial charge >= 0.3 is 6.18 Å². The van der Waals surface area contributed by atoms with Crippen LogP contribution in [0.1, 0.15) is 35.7 Å². The number of hydrogen-bond acceptors (Lipinski definition) is 6. The van der Waals surface area contributed by atoms with Crippen LogP contribution in [0.5, 0.6) is 0 Å². The van der Waals surface area contributed by atoms with Gasteiger partial charge in [-0.15, -0.1) is 10.2 Å². The van der Waals surface area contributed by atoms with Crippen molar-refractivity contribution in [2.24, 2.45) is 0 Å². The molecule has 5 aromatic rings. The Kier molecular flexibility index (Phi) is 3.89. The van der Waals surface area contributed by atoms with E-state index in [4.69, 9.17) is 4.42 Å². The van der Waals surface area contributed by atoms with Gasteiger partial charge in [0.25, 0.3) is 11.8 Å². The molecule has 0 aliphatic heterocycles. The van der Waals surface area contributed by atoms with E-state index in [-0.39, 0.29) is 29.0 Å². The minimum Gasteiger partial charge on any atom is -0.413 e. The van der Waals surface area contributed by atoms with Gasteiger partial charge in [0.2, 0.25) is 0 Å². The zero-order chi connectivity index (χ0) is 22.0. The fraction of sp³-hybridized carbons (Fsp3) is 0.227. The zero-order valence-corrected chi connectivity index (χ0v) is 16.8. The Hall–Kier alpha value is -3.82. The zero-order valence-electron chi connectivity index (χ0n) is 16.8. The molecule has 0 saturated heterocycles. The average molecular weight is 436 g/mol. The van der Waals surface area contributed by atoms with Gasteiger partial charge in [-0.25, -0.2) is 14.5 Å². The first-order valence-electron chi connectivity index (χ1n) is 10.0. The summed E-state index contributed by atoms with van der Waals surface area (Å²) in [5.74, 6) is 0.219. The van der Waals surface area contributed by atoms with Crippen molar-refractivity contribution in [3.63, 3.8) is 0 Å². The van der Waals surface area contributed by atoms with Crippen molar-refractivity contribution < 1.29 is 17.6 Å². The summed E-state index contributed by atoms with van der Waals surface area (Å²) >= 11 is 0. The lowest BCUT2D eigenvalue weighted by Gasteiger charge is -2.10. The summed E-state index contributed by atoms with van der Waals surface area (Å²) in [6.45, 7) is 2.00. The summed E-state index contributed by atoms with van der Waals surface area (Å²) in [5, 5.41) is 13.0. The largest absolute Gasteiger partial charge is 0.433 e. The quantitative estimate of drug-likeness (QED) is 0.387. The number of benzene rings is 1. The molecule has 0 radical (unpaired) electrons. The molecular weight excluding hydrogens is 421 g/mol. The standard InChI is InChI=1S/C22H15F3N6O/c1-11-2-6-14-13(8-11)5-7-15(26-14)20-28-29-21(32-20)17-10-19-27-16(12-3-4-12)9-18(22(23,24)25)31(19)30-17/h2,5-10,12H,3-4H2,1H3. The number of nitrogens with zero attached hydrogens (tertiary/aromatic N) is 6. The molecule has 4 aromatic heterocycles. The molecule has 32 heavy (non-hydrogen) atoms. The Bertz CT molecular complexity index is 1500. The third-order valence-corrected chi connectivity index (χ3v) is 5.44. The lowest BCUT2D eigenvalue weighted by Crippen LogP contribution is -2.14. The second kappa shape index (κ2) is 6.59. The van der Waals surface area contributed by atoms with Crippen molar-refractivity contribution in [3.05, 3.63) is 59.4 Å². The predicted octanol–water partition coefficient (Wildman–Crippen LogP) is 5.20. The Balaban J connectivity index is 1.42. The normalized spacial score (nSPS) is 14.5. The minimum absolute atomic E-state index is 0.00241. The SMILES string of the molecule is Cc1ccc2nc(-c3nnc(-c4cc5nc(C6CC6)cc(C(F)(F)F)n5n4)o3)ccc2c1. The number of aromatic nitrogens is 6. The number of rotatable bonds is 3. The van der Waals surface area contributed by atoms with E-state index in [1.165, 1.54) is 6.07 Å². The van der Waals surface area contributed by atoms with E-state index in [1.807, 2.05) is 31.2 Å². The molecule has 0 N–H and O–H groups in total. The molecule has 4 heterocycles. The number of aryl methyl sites for hydroxylation is 1. The van der Waals surface area contributed by atoms with E-state index in [2.05, 4.69) is 25.3 Å². The monoisotopic (exact) mass is 436 g/mol. The Morgan fingerprint density at radius 2 is 1.72 bits per heavy atom. The van der Waals surface area contributed by atoms with Crippen LogP contribution < -0.4 is 0 Å². The van der Waals surface area contributed by atoms with Crippen LogP contribution in [0.2, 0.25) is 0 Å². The molecule has 160 valence electrons. The first kappa shape index (κ1) is 18.9. The molecule has 0 amide bonds. The molecule has 10 heteroatoms. The molecule has 0 spiro atoms. The predicted molar refractivity (Wildman–Crippen MR) is 109 cm³/mol. The molecule has 1 fully saturated rings. The van der Waals surface area contributed by atoms with Crippen LogP contribution in [0.15, 0.2) is 46.9 Å². The van der Waals surface area contributed by atoms with Crippen molar-refractivity contribution in [1.82, 2.24) is 29.8 Å². The lowest BCUT2D eigenvalue weighted by molar-refractivity contribution is -0.142. The van der Waals surface area contributed by atoms with E-state index in [1.54, 1.807) is 6.07 Å². The van der Waals surface area contributed by atoms with Crippen molar-refractivity contribution >= 4 is 16.6 Å². The van der Waals surface area contributed by atoms with E-state index in [0.29, 0.717) is 11.4 Å². The second-order valence-electron chi connectivity index (χ2n) is 7.94. The van der Waals surface area contributed by atoms with E-state index in [0.717, 1.165) is 39.9 Å². The van der Waals surface area contributed by atoms with Gasteiger partial charge in [0.15, 0.2) is 11.3 Å². The van der Waals surface area contributed by atoms with Gasteiger partial charge in [-0.1, -0.05) is 17.7 Å². The topological polar surface area (TPSA) is 82.0 Å². The number of halogens is 3. The highest BCUT2D eigenvalue weighted by Gasteiger charge is 2.37. The Morgan fingerprint density at radius 3 is 2.47 bits per heavy atom. The first-order valence-corrected chi connectivity index (χ1v) is 10.0. The molecule has 0 unspecified atom stereocenters. The van der Waals surface area contributed by atoms with E-state index in [9.17, 15) is 13.2 Å². The number of alkyl halides is 3. The molecule has 1 aliphatic rings. The van der Waals surface area contributed by atoms with Crippen LogP contribution in [0.3, 0.4) is 0 Å². The van der Waals surface area contributed by atoms with Crippen molar-refractivity contribution in [1.29, 1.82) is 0 Å². The maximum atomic E-state index is 13.6. The first-order chi connectivity index (χ1) is 15.3. The van der Waals surface area contributed by atoms with Gasteiger partial charge in [0.05, 0.1) is 5.52 Å². The van der Waals surface area contributed by atoms with E-state index < -0.39 is 11.9 Å². The number of fused-ring (bicyclic) bond motifs is 2. The lowest BCUT2D eigenvalue weighted by atomic mass is 10.1. The summed E-state index contributed by atoms with van der Waals surface area (Å²) < 4.78 is 47.4. The Labute approximate surface area is 178 Å². The third kappa shape index (κ3) is 3.19. The highest BCUT2D eigenvalue weighted by Crippen LogP contribution is 2.41. The van der Waals surface area contributed by atoms with Crippen LogP contribution in [0, 0.1) is 6.92 Å². The molecule has 7 nitrogen and oxygen atoms in total. The summed E-state index contributed by atoms with van der Waals surface area (Å²) in [7, 11) is 0. The van der Waals surface area contributed by atoms with Crippen molar-refractivity contribution in [2.45, 2.75) is 31.9 Å². The van der Waals surface area contributed by atoms with Crippen LogP contribution in [0.4, 0.5) is 13.2 Å². The highest BCUT2D eigenvalue weighted by atomic mass is 19.4. The molecule has 0 atom stereocenters. The second-order valence-corrected chi connectivity index (χ2v) is 7.94. The Morgan fingerprint density at radius 1 is 0.938 bits per heavy atom. The smallest absolute Gasteiger partial charge is 0.413 e. The van der Waals surface area contributed by atoms with Gasteiger partial charge in [0.1, 0.15) is 11.4 Å². The van der Waals surface area contributed by atoms with Crippen LogP contribution >= 0.6 is 0 Å². The van der Waals surface area contributed by atoms with Gasteiger partial charge in [0, 0.05) is 23.1 Å². The summed E-state index contributed by atoms with van der Waals surface area (Å²) in [6.07, 6.45) is -2.89. The van der Waals surface area contributed by atoms with Gasteiger partial charge < -0.3 is 4.42 Å². The maximum Gasteiger partial charge on any atom is 0.433 e. The summed E-state index contributed by atoms with van der Waals surface area (Å²) in [4.78, 5) is 8.90. The van der Waals surface area contributed by atoms with Crippen LogP contribution in [-0.4, -0.2) is 29.8 Å². The number of pyridine rings is 1. The average Bonchev–Trinajstić information content (AvgIpc) is 3.33. The summed E-state index contributed by atoms with van der Waals surface area (Å²) in [5.41, 5.74) is 2.12. The van der Waals surface area contributed by atoms with Crippen LogP contribution in [0.25, 0.3) is 39.7 Å². The van der Waals surface area contributed by atoms with Crippen LogP contribution in [-0.2, 0) is 6.18 Å². The van der Waals surface area contributed by atoms with Gasteiger partial charge in [-0.3, -0.25) is 0 Å². The summed E-state index contributed by atoms with van der Waals surface area (Å²) in [6, 6.07) is 12.0. The fourth-order valence-corrected chi connectivity index (χ4v) is 3.68. The maximum absolute atomic E-state index is 13.6. The fourth-order valence-electron chi connectivity index (χ4n) is 3.68. The minimum atomic E-state index is -4.57. The van der Waals surface area contributed by atoms with Gasteiger partial charge in [-0.05, 0) is 44.0 Å². The van der Waals surface area contributed by atoms with Crippen molar-refractivity contribution in [2.75, 3.05) is 0 Å². The van der Waals surface area contributed by atoms with E-state index >= 15 is 0 Å². The van der Waals surface area contributed by atoms with Gasteiger partial charge in [-0.2, -0.15) is 18.3 Å². The third-order valence-electron chi connectivity index (χ3n) is 5.44.